The van der Waals surface area contributed by atoms with Gasteiger partial charge in [0.2, 0.25) is 5.91 Å². The maximum Gasteiger partial charge on any atom is 0.241 e. The first-order chi connectivity index (χ1) is 7.60. The summed E-state index contributed by atoms with van der Waals surface area (Å²) < 4.78 is 0. The molecule has 0 radical (unpaired) electrons. The topological polar surface area (TPSA) is 41.1 Å². The monoisotopic (exact) mass is 236 g/mol. The number of nitrogens with one attached hydrogen (secondary N) is 2. The Morgan fingerprint density at radius 2 is 2.00 bits per heavy atom. The number of carbonyl (C=O) groups excluding carboxylic acids is 1. The zero-order valence-electron chi connectivity index (χ0n) is 9.49. The highest BCUT2D eigenvalue weighted by Crippen LogP contribution is 2.29. The van der Waals surface area contributed by atoms with Gasteiger partial charge in [0.1, 0.15) is 0 Å². The summed E-state index contributed by atoms with van der Waals surface area (Å²) in [6.45, 7) is 3.94. The van der Waals surface area contributed by atoms with Gasteiger partial charge in [-0.25, -0.2) is 5.43 Å². The van der Waals surface area contributed by atoms with Crippen LogP contribution in [0.25, 0.3) is 0 Å². The van der Waals surface area contributed by atoms with Crippen LogP contribution in [-0.2, 0) is 4.79 Å². The van der Waals surface area contributed by atoms with E-state index in [4.69, 9.17) is 0 Å². The zero-order chi connectivity index (χ0) is 11.6. The Balaban J connectivity index is 1.94. The van der Waals surface area contributed by atoms with Crippen molar-refractivity contribution in [3.05, 3.63) is 30.3 Å². The van der Waals surface area contributed by atoms with Crippen LogP contribution in [0.3, 0.4) is 0 Å². The molecule has 1 unspecified atom stereocenters. The molecule has 2 rings (SSSR count). The molecule has 1 heterocycles. The number of hydrazine groups is 1. The summed E-state index contributed by atoms with van der Waals surface area (Å²) in [6.07, 6.45) is 0. The molecule has 4 heteroatoms. The van der Waals surface area contributed by atoms with E-state index < -0.39 is 0 Å². The SMILES string of the molecule is CC1(C)C(=O)NNC1CSc1ccccc1. The van der Waals surface area contributed by atoms with Gasteiger partial charge in [-0.1, -0.05) is 18.2 Å². The molecule has 1 amide bonds. The maximum absolute atomic E-state index is 11.5. The molecule has 3 nitrogen and oxygen atoms in total. The van der Waals surface area contributed by atoms with E-state index in [0.29, 0.717) is 0 Å². The van der Waals surface area contributed by atoms with Crippen molar-refractivity contribution in [2.24, 2.45) is 5.41 Å². The van der Waals surface area contributed by atoms with Crippen LogP contribution in [0.1, 0.15) is 13.8 Å². The maximum atomic E-state index is 11.5. The van der Waals surface area contributed by atoms with Crippen molar-refractivity contribution in [3.8, 4) is 0 Å². The van der Waals surface area contributed by atoms with Gasteiger partial charge in [-0.05, 0) is 26.0 Å². The minimum absolute atomic E-state index is 0.0751. The molecule has 1 atom stereocenters. The Bertz CT molecular complexity index is 378. The van der Waals surface area contributed by atoms with Gasteiger partial charge in [-0.2, -0.15) is 0 Å². The van der Waals surface area contributed by atoms with Gasteiger partial charge in [0.25, 0.3) is 0 Å². The number of hydrogen-bond donors (Lipinski definition) is 2. The highest BCUT2D eigenvalue weighted by atomic mass is 32.2. The van der Waals surface area contributed by atoms with Crippen LogP contribution in [0, 0.1) is 5.41 Å². The largest absolute Gasteiger partial charge is 0.291 e. The summed E-state index contributed by atoms with van der Waals surface area (Å²) in [5.41, 5.74) is 5.41. The number of amides is 1. The summed E-state index contributed by atoms with van der Waals surface area (Å²) in [5, 5.41) is 0. The van der Waals surface area contributed by atoms with Gasteiger partial charge < -0.3 is 0 Å². The molecule has 1 fully saturated rings. The molecular weight excluding hydrogens is 220 g/mol. The Labute approximate surface area is 100.0 Å². The second kappa shape index (κ2) is 4.47. The van der Waals surface area contributed by atoms with Crippen molar-refractivity contribution in [1.82, 2.24) is 10.9 Å². The van der Waals surface area contributed by atoms with Crippen molar-refractivity contribution in [1.29, 1.82) is 0 Å². The minimum Gasteiger partial charge on any atom is -0.291 e. The smallest absolute Gasteiger partial charge is 0.241 e. The van der Waals surface area contributed by atoms with Crippen LogP contribution in [-0.4, -0.2) is 17.7 Å². The molecule has 1 aromatic rings. The van der Waals surface area contributed by atoms with E-state index in [1.54, 1.807) is 11.8 Å². The molecule has 16 heavy (non-hydrogen) atoms. The first-order valence-electron chi connectivity index (χ1n) is 5.34. The molecule has 86 valence electrons. The van der Waals surface area contributed by atoms with Crippen molar-refractivity contribution < 1.29 is 4.79 Å². The van der Waals surface area contributed by atoms with Gasteiger partial charge in [0.15, 0.2) is 0 Å². The van der Waals surface area contributed by atoms with Crippen molar-refractivity contribution >= 4 is 17.7 Å². The summed E-state index contributed by atoms with van der Waals surface area (Å²) >= 11 is 1.77. The molecule has 0 aliphatic carbocycles. The lowest BCUT2D eigenvalue weighted by atomic mass is 9.87. The van der Waals surface area contributed by atoms with E-state index in [1.807, 2.05) is 32.0 Å². The second-order valence-corrected chi connectivity index (χ2v) is 5.59. The number of rotatable bonds is 3. The third-order valence-electron chi connectivity index (χ3n) is 2.98. The normalized spacial score (nSPS) is 23.1. The van der Waals surface area contributed by atoms with Gasteiger partial charge in [0.05, 0.1) is 5.41 Å². The molecule has 0 bridgehead atoms. The van der Waals surface area contributed by atoms with E-state index in [1.165, 1.54) is 4.90 Å². The fraction of sp³-hybridized carbons (Fsp3) is 0.417. The minimum atomic E-state index is -0.332. The Morgan fingerprint density at radius 1 is 1.31 bits per heavy atom. The number of carbonyl (C=O) groups is 1. The van der Waals surface area contributed by atoms with Gasteiger partial charge >= 0.3 is 0 Å². The third-order valence-corrected chi connectivity index (χ3v) is 4.08. The molecular formula is C12H16N2OS. The van der Waals surface area contributed by atoms with E-state index in [0.717, 1.165) is 5.75 Å². The lowest BCUT2D eigenvalue weighted by Crippen LogP contribution is -2.37. The van der Waals surface area contributed by atoms with Crippen LogP contribution < -0.4 is 10.9 Å². The lowest BCUT2D eigenvalue weighted by Gasteiger charge is -2.22. The average Bonchev–Trinajstić information content (AvgIpc) is 2.53. The molecule has 0 spiro atoms. The average molecular weight is 236 g/mol. The summed E-state index contributed by atoms with van der Waals surface area (Å²) in [7, 11) is 0. The van der Waals surface area contributed by atoms with Crippen molar-refractivity contribution in [2.45, 2.75) is 24.8 Å². The molecule has 2 N–H and O–H groups in total. The van der Waals surface area contributed by atoms with Crippen molar-refractivity contribution in [2.75, 3.05) is 5.75 Å². The standard InChI is InChI=1S/C12H16N2OS/c1-12(2)10(13-14-11(12)15)8-16-9-6-4-3-5-7-9/h3-7,10,13H,8H2,1-2H3,(H,14,15). The Hall–Kier alpha value is -1.00. The summed E-state index contributed by atoms with van der Waals surface area (Å²) in [5.74, 6) is 0.960. The Kier molecular flexibility index (Phi) is 3.21. The van der Waals surface area contributed by atoms with Crippen LogP contribution in [0.4, 0.5) is 0 Å². The number of hydrogen-bond acceptors (Lipinski definition) is 3. The lowest BCUT2D eigenvalue weighted by molar-refractivity contribution is -0.126. The van der Waals surface area contributed by atoms with Crippen molar-refractivity contribution in [3.63, 3.8) is 0 Å². The molecule has 1 aliphatic rings. The quantitative estimate of drug-likeness (QED) is 0.786. The van der Waals surface area contributed by atoms with Gasteiger partial charge in [-0.15, -0.1) is 11.8 Å². The van der Waals surface area contributed by atoms with Crippen LogP contribution in [0.15, 0.2) is 35.2 Å². The zero-order valence-corrected chi connectivity index (χ0v) is 10.3. The molecule has 1 aromatic carbocycles. The predicted molar refractivity (Wildman–Crippen MR) is 66.0 cm³/mol. The molecule has 1 saturated heterocycles. The molecule has 1 aliphatic heterocycles. The van der Waals surface area contributed by atoms with Crippen LogP contribution >= 0.6 is 11.8 Å². The van der Waals surface area contributed by atoms with Gasteiger partial charge in [-0.3, -0.25) is 10.2 Å². The number of thioether (sulfide) groups is 1. The highest BCUT2D eigenvalue weighted by Gasteiger charge is 2.42. The second-order valence-electron chi connectivity index (χ2n) is 4.50. The van der Waals surface area contributed by atoms with E-state index in [9.17, 15) is 4.79 Å². The first-order valence-corrected chi connectivity index (χ1v) is 6.33. The molecule has 0 aromatic heterocycles. The fourth-order valence-corrected chi connectivity index (χ4v) is 2.81. The Morgan fingerprint density at radius 3 is 2.56 bits per heavy atom. The van der Waals surface area contributed by atoms with E-state index in [-0.39, 0.29) is 17.4 Å². The van der Waals surface area contributed by atoms with Gasteiger partial charge in [0, 0.05) is 16.7 Å². The summed E-state index contributed by atoms with van der Waals surface area (Å²) in [4.78, 5) is 12.8. The van der Waals surface area contributed by atoms with Crippen LogP contribution in [0.2, 0.25) is 0 Å². The van der Waals surface area contributed by atoms with E-state index >= 15 is 0 Å². The van der Waals surface area contributed by atoms with E-state index in [2.05, 4.69) is 23.0 Å². The number of benzene rings is 1. The first kappa shape index (κ1) is 11.5. The highest BCUT2D eigenvalue weighted by molar-refractivity contribution is 7.99. The molecule has 0 saturated carbocycles. The summed E-state index contributed by atoms with van der Waals surface area (Å²) in [6, 6.07) is 10.4. The third kappa shape index (κ3) is 2.23. The fourth-order valence-electron chi connectivity index (χ4n) is 1.60. The van der Waals surface area contributed by atoms with Crippen LogP contribution in [0.5, 0.6) is 0 Å². The predicted octanol–water partition coefficient (Wildman–Crippen LogP) is 1.81.